The molecule has 2 heterocycles. The molecular weight excluding hydrogens is 426 g/mol. The Morgan fingerprint density at radius 2 is 1.94 bits per heavy atom. The lowest BCUT2D eigenvalue weighted by Gasteiger charge is -2.19. The van der Waals surface area contributed by atoms with E-state index in [0.29, 0.717) is 30.5 Å². The summed E-state index contributed by atoms with van der Waals surface area (Å²) in [5.41, 5.74) is 1.70. The van der Waals surface area contributed by atoms with Crippen molar-refractivity contribution < 1.29 is 9.53 Å². The van der Waals surface area contributed by atoms with Crippen LogP contribution >= 0.6 is 23.1 Å². The number of hydrogen-bond acceptors (Lipinski definition) is 6. The van der Waals surface area contributed by atoms with Gasteiger partial charge in [0.25, 0.3) is 0 Å². The number of thiazole rings is 1. The number of rotatable bonds is 9. The molecule has 5 nitrogen and oxygen atoms in total. The number of carbonyl (C=O) groups is 1. The van der Waals surface area contributed by atoms with Crippen LogP contribution in [0.15, 0.2) is 77.8 Å². The number of carbonyl (C=O) groups excluding carboxylic acids is 1. The number of amides is 1. The van der Waals surface area contributed by atoms with Crippen molar-refractivity contribution in [3.8, 4) is 5.75 Å². The average Bonchev–Trinajstić information content (AvgIpc) is 3.22. The number of hydrogen-bond donors (Lipinski definition) is 0. The van der Waals surface area contributed by atoms with Gasteiger partial charge in [0.15, 0.2) is 5.13 Å². The molecule has 0 aliphatic carbocycles. The van der Waals surface area contributed by atoms with Crippen LogP contribution in [0.4, 0.5) is 5.13 Å². The zero-order valence-corrected chi connectivity index (χ0v) is 18.9. The van der Waals surface area contributed by atoms with E-state index in [-0.39, 0.29) is 5.91 Å². The third-order valence-corrected chi connectivity index (χ3v) is 6.62. The second kappa shape index (κ2) is 10.4. The van der Waals surface area contributed by atoms with Gasteiger partial charge in [-0.15, -0.1) is 11.8 Å². The lowest BCUT2D eigenvalue weighted by Crippen LogP contribution is -2.30. The summed E-state index contributed by atoms with van der Waals surface area (Å²) in [6, 6.07) is 21.7. The van der Waals surface area contributed by atoms with Crippen LogP contribution in [0.3, 0.4) is 0 Å². The molecule has 0 aliphatic rings. The molecule has 31 heavy (non-hydrogen) atoms. The highest BCUT2D eigenvalue weighted by molar-refractivity contribution is 7.99. The zero-order chi connectivity index (χ0) is 21.5. The molecule has 0 saturated heterocycles. The molecule has 0 spiro atoms. The number of fused-ring (bicyclic) bond motifs is 1. The Morgan fingerprint density at radius 1 is 1.10 bits per heavy atom. The predicted molar refractivity (Wildman–Crippen MR) is 128 cm³/mol. The molecular formula is C24H23N3O2S2. The third-order valence-electron chi connectivity index (χ3n) is 4.57. The van der Waals surface area contributed by atoms with Gasteiger partial charge in [-0.05, 0) is 49.4 Å². The highest BCUT2D eigenvalue weighted by Crippen LogP contribution is 2.33. The maximum Gasteiger partial charge on any atom is 0.229 e. The van der Waals surface area contributed by atoms with E-state index < -0.39 is 0 Å². The molecule has 0 saturated carbocycles. The Bertz CT molecular complexity index is 1130. The van der Waals surface area contributed by atoms with E-state index in [1.807, 2.05) is 61.5 Å². The van der Waals surface area contributed by atoms with Crippen molar-refractivity contribution in [1.29, 1.82) is 0 Å². The van der Waals surface area contributed by atoms with Crippen LogP contribution in [0.1, 0.15) is 19.0 Å². The van der Waals surface area contributed by atoms with Crippen LogP contribution in [0, 0.1) is 0 Å². The van der Waals surface area contributed by atoms with E-state index in [1.54, 1.807) is 22.9 Å². The quantitative estimate of drug-likeness (QED) is 0.302. The second-order valence-electron chi connectivity index (χ2n) is 6.77. The van der Waals surface area contributed by atoms with Gasteiger partial charge in [0.2, 0.25) is 5.91 Å². The van der Waals surface area contributed by atoms with Gasteiger partial charge < -0.3 is 4.74 Å². The molecule has 0 radical (unpaired) electrons. The fraction of sp³-hybridized carbons (Fsp3) is 0.208. The monoisotopic (exact) mass is 449 g/mol. The van der Waals surface area contributed by atoms with Crippen LogP contribution < -0.4 is 9.64 Å². The Hall–Kier alpha value is -2.90. The Balaban J connectivity index is 1.54. The molecule has 7 heteroatoms. The van der Waals surface area contributed by atoms with Crippen LogP contribution in [0.5, 0.6) is 5.75 Å². The third kappa shape index (κ3) is 5.62. The van der Waals surface area contributed by atoms with Gasteiger partial charge in [0.1, 0.15) is 5.75 Å². The van der Waals surface area contributed by atoms with Crippen molar-refractivity contribution in [3.63, 3.8) is 0 Å². The number of pyridine rings is 1. The maximum absolute atomic E-state index is 13.2. The molecule has 0 fully saturated rings. The summed E-state index contributed by atoms with van der Waals surface area (Å²) in [6.07, 6.45) is 2.17. The van der Waals surface area contributed by atoms with E-state index in [1.165, 1.54) is 11.3 Å². The molecule has 4 rings (SSSR count). The molecule has 2 aromatic carbocycles. The van der Waals surface area contributed by atoms with E-state index in [0.717, 1.165) is 26.6 Å². The lowest BCUT2D eigenvalue weighted by atomic mass is 10.3. The summed E-state index contributed by atoms with van der Waals surface area (Å²) in [6.45, 7) is 2.97. The molecule has 0 unspecified atom stereocenters. The molecule has 1 amide bonds. The van der Waals surface area contributed by atoms with Gasteiger partial charge in [-0.1, -0.05) is 35.6 Å². The normalized spacial score (nSPS) is 10.9. The maximum atomic E-state index is 13.2. The van der Waals surface area contributed by atoms with Gasteiger partial charge in [-0.25, -0.2) is 4.98 Å². The fourth-order valence-electron chi connectivity index (χ4n) is 3.09. The van der Waals surface area contributed by atoms with Crippen LogP contribution in [0.2, 0.25) is 0 Å². The first kappa shape index (κ1) is 21.3. The van der Waals surface area contributed by atoms with Crippen molar-refractivity contribution in [2.45, 2.75) is 24.8 Å². The summed E-state index contributed by atoms with van der Waals surface area (Å²) in [5, 5.41) is 0.684. The van der Waals surface area contributed by atoms with Crippen molar-refractivity contribution in [1.82, 2.24) is 9.97 Å². The topological polar surface area (TPSA) is 55.3 Å². The summed E-state index contributed by atoms with van der Waals surface area (Å²) in [5.74, 6) is 1.56. The first-order chi connectivity index (χ1) is 15.2. The number of thioether (sulfide) groups is 1. The summed E-state index contributed by atoms with van der Waals surface area (Å²) < 4.78 is 6.61. The number of ether oxygens (including phenoxy) is 1. The van der Waals surface area contributed by atoms with Crippen molar-refractivity contribution in [2.24, 2.45) is 0 Å². The molecule has 0 atom stereocenters. The highest BCUT2D eigenvalue weighted by Gasteiger charge is 2.21. The first-order valence-electron chi connectivity index (χ1n) is 10.1. The number of aromatic nitrogens is 2. The van der Waals surface area contributed by atoms with E-state index in [2.05, 4.69) is 17.1 Å². The Kier molecular flexibility index (Phi) is 7.17. The zero-order valence-electron chi connectivity index (χ0n) is 17.2. The SMILES string of the molecule is CCOc1ccc2nc(N(Cc3ccccn3)C(=O)CCSc3ccccc3)sc2c1. The van der Waals surface area contributed by atoms with E-state index in [4.69, 9.17) is 9.72 Å². The minimum absolute atomic E-state index is 0.0400. The van der Waals surface area contributed by atoms with Crippen LogP contribution in [-0.4, -0.2) is 28.2 Å². The van der Waals surface area contributed by atoms with E-state index in [9.17, 15) is 4.79 Å². The fourth-order valence-corrected chi connectivity index (χ4v) is 4.96. The lowest BCUT2D eigenvalue weighted by molar-refractivity contribution is -0.118. The summed E-state index contributed by atoms with van der Waals surface area (Å²) >= 11 is 3.19. The highest BCUT2D eigenvalue weighted by atomic mass is 32.2. The number of nitrogens with zero attached hydrogens (tertiary/aromatic N) is 3. The van der Waals surface area contributed by atoms with Gasteiger partial charge in [0.05, 0.1) is 29.1 Å². The largest absolute Gasteiger partial charge is 0.494 e. The molecule has 0 aliphatic heterocycles. The minimum atomic E-state index is 0.0400. The Morgan fingerprint density at radius 3 is 2.71 bits per heavy atom. The van der Waals surface area contributed by atoms with Crippen molar-refractivity contribution >= 4 is 44.4 Å². The van der Waals surface area contributed by atoms with Crippen molar-refractivity contribution in [3.05, 3.63) is 78.6 Å². The van der Waals surface area contributed by atoms with Gasteiger partial charge in [0, 0.05) is 23.3 Å². The average molecular weight is 450 g/mol. The molecule has 0 N–H and O–H groups in total. The Labute approximate surface area is 190 Å². The van der Waals surface area contributed by atoms with E-state index >= 15 is 0 Å². The smallest absolute Gasteiger partial charge is 0.229 e. The standard InChI is InChI=1S/C24H23N3O2S2/c1-2-29-19-11-12-21-22(16-19)31-24(26-21)27(17-18-8-6-7-14-25-18)23(28)13-15-30-20-9-4-3-5-10-20/h3-12,14,16H,2,13,15,17H2,1H3. The number of anilines is 1. The number of benzene rings is 2. The summed E-state index contributed by atoms with van der Waals surface area (Å²) in [7, 11) is 0. The minimum Gasteiger partial charge on any atom is -0.494 e. The molecule has 0 bridgehead atoms. The molecule has 2 aromatic heterocycles. The van der Waals surface area contributed by atoms with Crippen LogP contribution in [-0.2, 0) is 11.3 Å². The van der Waals surface area contributed by atoms with Gasteiger partial charge in [-0.3, -0.25) is 14.7 Å². The molecule has 158 valence electrons. The van der Waals surface area contributed by atoms with Gasteiger partial charge in [-0.2, -0.15) is 0 Å². The van der Waals surface area contributed by atoms with Crippen molar-refractivity contribution in [2.75, 3.05) is 17.3 Å². The summed E-state index contributed by atoms with van der Waals surface area (Å²) in [4.78, 5) is 25.3. The molecule has 4 aromatic rings. The first-order valence-corrected chi connectivity index (χ1v) is 11.9. The van der Waals surface area contributed by atoms with Gasteiger partial charge >= 0.3 is 0 Å². The second-order valence-corrected chi connectivity index (χ2v) is 8.95. The predicted octanol–water partition coefficient (Wildman–Crippen LogP) is 5.81. The van der Waals surface area contributed by atoms with Crippen LogP contribution in [0.25, 0.3) is 10.2 Å².